The maximum Gasteiger partial charge on any atom is 0.314 e. The molecule has 0 amide bonds. The fourth-order valence-electron chi connectivity index (χ4n) is 1.22. The molecular formula is C9H9I3O5S. The summed E-state index contributed by atoms with van der Waals surface area (Å²) in [7, 11) is -4.09. The Hall–Kier alpha value is 1.05. The molecule has 0 saturated heterocycles. The number of esters is 1. The maximum atomic E-state index is 11.8. The third kappa shape index (κ3) is 5.58. The fraction of sp³-hybridized carbons (Fsp3) is 0.444. The van der Waals surface area contributed by atoms with Crippen LogP contribution < -0.4 is 0 Å². The van der Waals surface area contributed by atoms with Gasteiger partial charge in [0, 0.05) is 7.16 Å². The largest absolute Gasteiger partial charge is 0.464 e. The number of carbonyl (C=O) groups is 1. The molecule has 0 radical (unpaired) electrons. The van der Waals surface area contributed by atoms with Crippen molar-refractivity contribution in [3.05, 3.63) is 19.3 Å². The van der Waals surface area contributed by atoms with Gasteiger partial charge in [0.25, 0.3) is 10.1 Å². The zero-order valence-corrected chi connectivity index (χ0v) is 16.1. The standard InChI is InChI=1S/C9H9I3O5S/c10-5-3-6(8(12)7(11)4-5)9(13)17-1-2-18(14,15)16/h3-4,6,8H,1-2H2,(H,14,15,16). The third-order valence-corrected chi connectivity index (χ3v) is 7.02. The van der Waals surface area contributed by atoms with Gasteiger partial charge in [-0.3, -0.25) is 9.35 Å². The minimum absolute atomic E-state index is 0.0139. The van der Waals surface area contributed by atoms with E-state index in [0.29, 0.717) is 0 Å². The van der Waals surface area contributed by atoms with Crippen molar-refractivity contribution in [2.75, 3.05) is 12.4 Å². The number of halogens is 3. The van der Waals surface area contributed by atoms with Crippen LogP contribution in [0.1, 0.15) is 0 Å². The summed E-state index contributed by atoms with van der Waals surface area (Å²) in [4.78, 5) is 11.8. The van der Waals surface area contributed by atoms with Gasteiger partial charge in [0.15, 0.2) is 0 Å². The molecule has 1 N–H and O–H groups in total. The van der Waals surface area contributed by atoms with Crippen LogP contribution in [0.25, 0.3) is 0 Å². The van der Waals surface area contributed by atoms with Gasteiger partial charge in [-0.05, 0) is 51.3 Å². The van der Waals surface area contributed by atoms with Crippen LogP contribution in [0.4, 0.5) is 0 Å². The van der Waals surface area contributed by atoms with Crippen molar-refractivity contribution in [1.29, 1.82) is 0 Å². The quantitative estimate of drug-likeness (QED) is 0.229. The number of hydrogen-bond donors (Lipinski definition) is 1. The van der Waals surface area contributed by atoms with Gasteiger partial charge in [0.1, 0.15) is 12.4 Å². The summed E-state index contributed by atoms with van der Waals surface area (Å²) in [5, 5.41) is 0. The van der Waals surface area contributed by atoms with Crippen LogP contribution in [0.5, 0.6) is 0 Å². The molecule has 0 aromatic carbocycles. The van der Waals surface area contributed by atoms with Gasteiger partial charge in [0.2, 0.25) is 0 Å². The molecule has 0 aromatic heterocycles. The van der Waals surface area contributed by atoms with Gasteiger partial charge in [-0.25, -0.2) is 0 Å². The predicted octanol–water partition coefficient (Wildman–Crippen LogP) is 2.49. The van der Waals surface area contributed by atoms with E-state index in [2.05, 4.69) is 67.8 Å². The second-order valence-electron chi connectivity index (χ2n) is 3.46. The number of carbonyl (C=O) groups excluding carboxylic acids is 1. The van der Waals surface area contributed by atoms with Crippen LogP contribution in [0.3, 0.4) is 0 Å². The van der Waals surface area contributed by atoms with Crippen molar-refractivity contribution in [2.24, 2.45) is 5.92 Å². The number of alkyl halides is 1. The SMILES string of the molecule is O=C(OCCS(=O)(=O)O)C1C=C(I)C=C(I)C1I. The third-order valence-electron chi connectivity index (χ3n) is 2.05. The highest BCUT2D eigenvalue weighted by Crippen LogP contribution is 2.36. The first-order chi connectivity index (χ1) is 8.20. The van der Waals surface area contributed by atoms with Crippen molar-refractivity contribution in [1.82, 2.24) is 0 Å². The van der Waals surface area contributed by atoms with Crippen molar-refractivity contribution >= 4 is 83.9 Å². The van der Waals surface area contributed by atoms with E-state index in [1.807, 2.05) is 6.08 Å². The first-order valence-electron chi connectivity index (χ1n) is 4.71. The van der Waals surface area contributed by atoms with Gasteiger partial charge >= 0.3 is 5.97 Å². The van der Waals surface area contributed by atoms with Crippen molar-refractivity contribution < 1.29 is 22.5 Å². The van der Waals surface area contributed by atoms with Crippen LogP contribution in [0, 0.1) is 5.92 Å². The molecule has 0 aromatic rings. The highest BCUT2D eigenvalue weighted by molar-refractivity contribution is 14.1. The Bertz CT molecular complexity index is 496. The lowest BCUT2D eigenvalue weighted by Crippen LogP contribution is -2.28. The number of ether oxygens (including phenoxy) is 1. The molecule has 1 aliphatic carbocycles. The molecule has 0 spiro atoms. The smallest absolute Gasteiger partial charge is 0.314 e. The van der Waals surface area contributed by atoms with Crippen LogP contribution in [0.2, 0.25) is 0 Å². The molecule has 2 atom stereocenters. The monoisotopic (exact) mass is 610 g/mol. The van der Waals surface area contributed by atoms with Crippen molar-refractivity contribution in [2.45, 2.75) is 3.92 Å². The highest BCUT2D eigenvalue weighted by atomic mass is 127. The van der Waals surface area contributed by atoms with E-state index in [1.54, 1.807) is 6.08 Å². The second-order valence-corrected chi connectivity index (χ2v) is 8.87. The molecule has 2 unspecified atom stereocenters. The van der Waals surface area contributed by atoms with Crippen LogP contribution in [0.15, 0.2) is 19.3 Å². The van der Waals surface area contributed by atoms with E-state index >= 15 is 0 Å². The van der Waals surface area contributed by atoms with E-state index in [9.17, 15) is 13.2 Å². The average molecular weight is 610 g/mol. The van der Waals surface area contributed by atoms with Gasteiger partial charge in [-0.15, -0.1) is 0 Å². The first-order valence-corrected chi connectivity index (χ1v) is 9.72. The summed E-state index contributed by atoms with van der Waals surface area (Å²) in [6.45, 7) is -0.331. The summed E-state index contributed by atoms with van der Waals surface area (Å²) in [5.41, 5.74) is 0. The number of allylic oxidation sites excluding steroid dienone is 3. The number of hydrogen-bond acceptors (Lipinski definition) is 4. The Balaban J connectivity index is 2.60. The molecule has 0 aliphatic heterocycles. The Morgan fingerprint density at radius 1 is 1.44 bits per heavy atom. The Morgan fingerprint density at radius 3 is 2.61 bits per heavy atom. The molecule has 1 aliphatic rings. The molecule has 102 valence electrons. The zero-order chi connectivity index (χ0) is 13.9. The van der Waals surface area contributed by atoms with Crippen LogP contribution in [-0.4, -0.2) is 35.2 Å². The lowest BCUT2D eigenvalue weighted by Gasteiger charge is -2.21. The van der Waals surface area contributed by atoms with E-state index in [1.165, 1.54) is 0 Å². The molecule has 9 heteroatoms. The molecule has 5 nitrogen and oxygen atoms in total. The first kappa shape index (κ1) is 17.1. The molecule has 0 bridgehead atoms. The summed E-state index contributed by atoms with van der Waals surface area (Å²) in [6, 6.07) is 0. The summed E-state index contributed by atoms with van der Waals surface area (Å²) < 4.78 is 36.4. The van der Waals surface area contributed by atoms with E-state index in [-0.39, 0.29) is 10.5 Å². The van der Waals surface area contributed by atoms with Gasteiger partial charge < -0.3 is 4.74 Å². The summed E-state index contributed by atoms with van der Waals surface area (Å²) in [5.74, 6) is -1.48. The zero-order valence-electron chi connectivity index (χ0n) is 8.85. The topological polar surface area (TPSA) is 80.7 Å². The number of rotatable bonds is 4. The van der Waals surface area contributed by atoms with Gasteiger partial charge in [0.05, 0.1) is 9.84 Å². The summed E-state index contributed by atoms with van der Waals surface area (Å²) in [6.07, 6.45) is 3.76. The van der Waals surface area contributed by atoms with Crippen LogP contribution in [-0.2, 0) is 19.6 Å². The van der Waals surface area contributed by atoms with E-state index in [4.69, 9.17) is 9.29 Å². The predicted molar refractivity (Wildman–Crippen MR) is 92.9 cm³/mol. The molecule has 1 rings (SSSR count). The van der Waals surface area contributed by atoms with E-state index in [0.717, 1.165) is 7.16 Å². The Labute approximate surface area is 146 Å². The molecular weight excluding hydrogens is 601 g/mol. The maximum absolute atomic E-state index is 11.8. The summed E-state index contributed by atoms with van der Waals surface area (Å²) >= 11 is 6.42. The van der Waals surface area contributed by atoms with Crippen molar-refractivity contribution in [3.8, 4) is 0 Å². The van der Waals surface area contributed by atoms with Gasteiger partial charge in [-0.1, -0.05) is 28.7 Å². The molecule has 0 saturated carbocycles. The highest BCUT2D eigenvalue weighted by Gasteiger charge is 2.30. The minimum atomic E-state index is -4.09. The molecule has 18 heavy (non-hydrogen) atoms. The van der Waals surface area contributed by atoms with E-state index < -0.39 is 27.8 Å². The molecule has 0 fully saturated rings. The lowest BCUT2D eigenvalue weighted by atomic mass is 10.0. The van der Waals surface area contributed by atoms with Crippen molar-refractivity contribution in [3.63, 3.8) is 0 Å². The second kappa shape index (κ2) is 7.17. The average Bonchev–Trinajstić information content (AvgIpc) is 2.21. The van der Waals surface area contributed by atoms with Crippen LogP contribution >= 0.6 is 67.8 Å². The normalized spacial score (nSPS) is 24.2. The Kier molecular flexibility index (Phi) is 6.81. The Morgan fingerprint density at radius 2 is 2.06 bits per heavy atom. The van der Waals surface area contributed by atoms with Gasteiger partial charge in [-0.2, -0.15) is 8.42 Å². The molecule has 0 heterocycles. The fourth-order valence-corrected chi connectivity index (χ4v) is 4.23. The minimum Gasteiger partial charge on any atom is -0.464 e. The lowest BCUT2D eigenvalue weighted by molar-refractivity contribution is -0.145.